The summed E-state index contributed by atoms with van der Waals surface area (Å²) in [5, 5.41) is 2.97. The number of nitrogens with one attached hydrogen (secondary N) is 1. The van der Waals surface area contributed by atoms with Crippen LogP contribution in [0.25, 0.3) is 0 Å². The minimum Gasteiger partial charge on any atom is -0.391 e. The number of hydrogen-bond acceptors (Lipinski definition) is 3. The fourth-order valence-corrected chi connectivity index (χ4v) is 2.86. The molecule has 3 nitrogen and oxygen atoms in total. The van der Waals surface area contributed by atoms with Gasteiger partial charge in [-0.2, -0.15) is 11.8 Å². The maximum absolute atomic E-state index is 11.9. The Labute approximate surface area is 101 Å². The predicted octanol–water partition coefficient (Wildman–Crippen LogP) is 1.31. The van der Waals surface area contributed by atoms with Gasteiger partial charge in [-0.3, -0.25) is 4.79 Å². The van der Waals surface area contributed by atoms with Crippen molar-refractivity contribution in [2.24, 2.45) is 11.7 Å². The van der Waals surface area contributed by atoms with E-state index in [1.165, 1.54) is 0 Å². The number of carbonyl (C=O) groups is 1. The first kappa shape index (κ1) is 12.8. The zero-order valence-electron chi connectivity index (χ0n) is 9.21. The minimum atomic E-state index is -0.528. The molecule has 1 aliphatic rings. The zero-order chi connectivity index (χ0) is 11.5. The number of thiocarbonyl (C=S) groups is 1. The Morgan fingerprint density at radius 1 is 1.73 bits per heavy atom. The molecule has 0 aromatic carbocycles. The van der Waals surface area contributed by atoms with Crippen LogP contribution in [0.3, 0.4) is 0 Å². The van der Waals surface area contributed by atoms with Crippen LogP contribution in [0.4, 0.5) is 0 Å². The molecule has 1 rings (SSSR count). The Morgan fingerprint density at radius 2 is 2.40 bits per heavy atom. The lowest BCUT2D eigenvalue weighted by Crippen LogP contribution is -2.55. The van der Waals surface area contributed by atoms with E-state index in [0.29, 0.717) is 4.99 Å². The Balaban J connectivity index is 2.58. The van der Waals surface area contributed by atoms with E-state index >= 15 is 0 Å². The second-order valence-electron chi connectivity index (χ2n) is 4.10. The van der Waals surface area contributed by atoms with Crippen LogP contribution < -0.4 is 11.1 Å². The molecular weight excluding hydrogens is 228 g/mol. The van der Waals surface area contributed by atoms with Crippen molar-refractivity contribution >= 4 is 34.9 Å². The molecule has 1 heterocycles. The highest BCUT2D eigenvalue weighted by atomic mass is 32.2. The van der Waals surface area contributed by atoms with Crippen LogP contribution in [0, 0.1) is 5.92 Å². The third kappa shape index (κ3) is 3.08. The first-order valence-electron chi connectivity index (χ1n) is 5.19. The van der Waals surface area contributed by atoms with Crippen molar-refractivity contribution in [3.05, 3.63) is 0 Å². The summed E-state index contributed by atoms with van der Waals surface area (Å²) < 4.78 is 0. The van der Waals surface area contributed by atoms with Crippen LogP contribution in [0.1, 0.15) is 26.7 Å². The number of carbonyl (C=O) groups excluding carboxylic acids is 1. The monoisotopic (exact) mass is 246 g/mol. The molecule has 0 saturated carbocycles. The molecule has 1 saturated heterocycles. The van der Waals surface area contributed by atoms with Gasteiger partial charge in [0.05, 0.1) is 10.5 Å². The molecule has 0 aromatic rings. The summed E-state index contributed by atoms with van der Waals surface area (Å²) in [6, 6.07) is 0. The van der Waals surface area contributed by atoms with Crippen molar-refractivity contribution in [1.29, 1.82) is 0 Å². The Hall–Kier alpha value is -0.290. The number of rotatable bonds is 4. The van der Waals surface area contributed by atoms with Gasteiger partial charge >= 0.3 is 0 Å². The highest BCUT2D eigenvalue weighted by molar-refractivity contribution is 7.99. The van der Waals surface area contributed by atoms with Gasteiger partial charge in [-0.25, -0.2) is 0 Å². The maximum Gasteiger partial charge on any atom is 0.224 e. The summed E-state index contributed by atoms with van der Waals surface area (Å²) in [5.41, 5.74) is 5.11. The molecule has 15 heavy (non-hydrogen) atoms. The second-order valence-corrected chi connectivity index (χ2v) is 5.69. The Bertz CT molecular complexity index is 264. The van der Waals surface area contributed by atoms with Crippen molar-refractivity contribution in [2.75, 3.05) is 11.5 Å². The summed E-state index contributed by atoms with van der Waals surface area (Å²) in [5.74, 6) is 2.23. The number of amides is 1. The Morgan fingerprint density at radius 3 is 2.80 bits per heavy atom. The van der Waals surface area contributed by atoms with Gasteiger partial charge in [-0.05, 0) is 25.5 Å². The van der Waals surface area contributed by atoms with Crippen LogP contribution in [-0.4, -0.2) is 27.9 Å². The summed E-state index contributed by atoms with van der Waals surface area (Å²) in [7, 11) is 0. The van der Waals surface area contributed by atoms with Crippen molar-refractivity contribution in [3.8, 4) is 0 Å². The summed E-state index contributed by atoms with van der Waals surface area (Å²) in [6.45, 7) is 3.86. The smallest absolute Gasteiger partial charge is 0.224 e. The lowest BCUT2D eigenvalue weighted by Gasteiger charge is -2.29. The lowest BCUT2D eigenvalue weighted by molar-refractivity contribution is -0.125. The second kappa shape index (κ2) is 5.16. The average molecular weight is 246 g/mol. The third-order valence-electron chi connectivity index (χ3n) is 2.95. The van der Waals surface area contributed by atoms with Crippen molar-refractivity contribution in [2.45, 2.75) is 32.2 Å². The topological polar surface area (TPSA) is 55.1 Å². The lowest BCUT2D eigenvalue weighted by atomic mass is 9.97. The van der Waals surface area contributed by atoms with Gasteiger partial charge < -0.3 is 11.1 Å². The van der Waals surface area contributed by atoms with Crippen molar-refractivity contribution < 1.29 is 4.79 Å². The van der Waals surface area contributed by atoms with Gasteiger partial charge in [0.1, 0.15) is 0 Å². The zero-order valence-corrected chi connectivity index (χ0v) is 10.8. The van der Waals surface area contributed by atoms with Crippen LogP contribution in [0.2, 0.25) is 0 Å². The summed E-state index contributed by atoms with van der Waals surface area (Å²) in [4.78, 5) is 12.2. The number of nitrogens with two attached hydrogens (primary N) is 1. The van der Waals surface area contributed by atoms with Gasteiger partial charge in [0.15, 0.2) is 0 Å². The Kier molecular flexibility index (Phi) is 4.40. The fourth-order valence-electron chi connectivity index (χ4n) is 1.44. The summed E-state index contributed by atoms with van der Waals surface area (Å²) >= 11 is 6.81. The molecule has 1 amide bonds. The van der Waals surface area contributed by atoms with Gasteiger partial charge in [0, 0.05) is 11.7 Å². The molecule has 2 atom stereocenters. The molecule has 0 spiro atoms. The van der Waals surface area contributed by atoms with E-state index in [2.05, 4.69) is 5.32 Å². The average Bonchev–Trinajstić information content (AvgIpc) is 2.70. The molecule has 1 fully saturated rings. The van der Waals surface area contributed by atoms with Crippen molar-refractivity contribution in [3.63, 3.8) is 0 Å². The standard InChI is InChI=1S/C10H18N2OS2/c1-3-10(2,9(11)14)12-8(13)7-4-5-15-6-7/h7H,3-6H2,1-2H3,(H2,11,14)(H,12,13). The van der Waals surface area contributed by atoms with Crippen LogP contribution in [0.15, 0.2) is 0 Å². The highest BCUT2D eigenvalue weighted by Crippen LogP contribution is 2.24. The normalized spacial score (nSPS) is 24.5. The first-order valence-corrected chi connectivity index (χ1v) is 6.75. The number of hydrogen-bond donors (Lipinski definition) is 2. The van der Waals surface area contributed by atoms with Gasteiger partial charge in [-0.15, -0.1) is 0 Å². The van der Waals surface area contributed by atoms with Crippen LogP contribution >= 0.6 is 24.0 Å². The van der Waals surface area contributed by atoms with E-state index < -0.39 is 5.54 Å². The maximum atomic E-state index is 11.9. The number of thioether (sulfide) groups is 1. The fraction of sp³-hybridized carbons (Fsp3) is 0.800. The van der Waals surface area contributed by atoms with E-state index in [0.717, 1.165) is 24.3 Å². The van der Waals surface area contributed by atoms with Crippen LogP contribution in [-0.2, 0) is 4.79 Å². The molecule has 0 bridgehead atoms. The SMILES string of the molecule is CCC(C)(NC(=O)C1CCSC1)C(N)=S. The highest BCUT2D eigenvalue weighted by Gasteiger charge is 2.31. The third-order valence-corrected chi connectivity index (χ3v) is 4.56. The molecule has 86 valence electrons. The van der Waals surface area contributed by atoms with E-state index in [4.69, 9.17) is 18.0 Å². The molecule has 2 unspecified atom stereocenters. The molecule has 0 radical (unpaired) electrons. The largest absolute Gasteiger partial charge is 0.391 e. The van der Waals surface area contributed by atoms with E-state index in [1.54, 1.807) is 0 Å². The van der Waals surface area contributed by atoms with Gasteiger partial charge in [0.25, 0.3) is 0 Å². The molecule has 0 aliphatic carbocycles. The van der Waals surface area contributed by atoms with E-state index in [1.807, 2.05) is 25.6 Å². The summed E-state index contributed by atoms with van der Waals surface area (Å²) in [6.07, 6.45) is 1.70. The van der Waals surface area contributed by atoms with E-state index in [-0.39, 0.29) is 11.8 Å². The van der Waals surface area contributed by atoms with Crippen molar-refractivity contribution in [1.82, 2.24) is 5.32 Å². The molecular formula is C10H18N2OS2. The van der Waals surface area contributed by atoms with Crippen LogP contribution in [0.5, 0.6) is 0 Å². The molecule has 0 aromatic heterocycles. The quantitative estimate of drug-likeness (QED) is 0.734. The molecule has 3 N–H and O–H groups in total. The molecule has 1 aliphatic heterocycles. The van der Waals surface area contributed by atoms with Gasteiger partial charge in [0.2, 0.25) is 5.91 Å². The molecule has 5 heteroatoms. The van der Waals surface area contributed by atoms with Gasteiger partial charge in [-0.1, -0.05) is 19.1 Å². The first-order chi connectivity index (χ1) is 6.99. The minimum absolute atomic E-state index is 0.0946. The van der Waals surface area contributed by atoms with E-state index in [9.17, 15) is 4.79 Å². The predicted molar refractivity (Wildman–Crippen MR) is 69.1 cm³/mol.